The zero-order valence-corrected chi connectivity index (χ0v) is 12.8. The topological polar surface area (TPSA) is 26.2 Å². The molecule has 1 aromatic heterocycles. The molecule has 0 saturated heterocycles. The van der Waals surface area contributed by atoms with Gasteiger partial charge in [0.1, 0.15) is 5.75 Å². The van der Waals surface area contributed by atoms with Crippen LogP contribution in [0.2, 0.25) is 0 Å². The summed E-state index contributed by atoms with van der Waals surface area (Å²) in [5, 5.41) is 3.54. The molecule has 108 valence electrons. The molecule has 0 radical (unpaired) electrons. The first-order valence-electron chi connectivity index (χ1n) is 7.16. The molecule has 0 fully saturated rings. The number of hydrogen-bond acceptors (Lipinski definition) is 2. The molecule has 1 N–H and O–H groups in total. The molecule has 1 unspecified atom stereocenters. The summed E-state index contributed by atoms with van der Waals surface area (Å²) in [5.74, 6) is 0.929. The second kappa shape index (κ2) is 6.62. The van der Waals surface area contributed by atoms with Crippen LogP contribution < -0.4 is 10.1 Å². The van der Waals surface area contributed by atoms with Gasteiger partial charge >= 0.3 is 0 Å². The summed E-state index contributed by atoms with van der Waals surface area (Å²) in [5.41, 5.74) is 2.56. The highest BCUT2D eigenvalue weighted by Crippen LogP contribution is 2.19. The van der Waals surface area contributed by atoms with Crippen LogP contribution in [0.4, 0.5) is 0 Å². The monoisotopic (exact) mass is 272 g/mol. The van der Waals surface area contributed by atoms with Crippen LogP contribution in [0.25, 0.3) is 0 Å². The predicted molar refractivity (Wildman–Crippen MR) is 82.9 cm³/mol. The maximum absolute atomic E-state index is 5.66. The van der Waals surface area contributed by atoms with Crippen molar-refractivity contribution < 1.29 is 4.74 Å². The van der Waals surface area contributed by atoms with Gasteiger partial charge in [-0.05, 0) is 50.6 Å². The van der Waals surface area contributed by atoms with E-state index in [1.165, 1.54) is 11.3 Å². The zero-order valence-electron chi connectivity index (χ0n) is 12.8. The molecule has 0 amide bonds. The number of ether oxygens (including phenoxy) is 1. The fraction of sp³-hybridized carbons (Fsp3) is 0.412. The van der Waals surface area contributed by atoms with Crippen molar-refractivity contribution in [3.05, 3.63) is 53.9 Å². The van der Waals surface area contributed by atoms with Gasteiger partial charge in [-0.2, -0.15) is 0 Å². The van der Waals surface area contributed by atoms with E-state index in [1.807, 2.05) is 26.0 Å². The molecule has 0 aliphatic carbocycles. The molecule has 1 aromatic carbocycles. The number of rotatable bonds is 6. The molecule has 1 heterocycles. The standard InChI is InChI=1S/C17H24N2O/c1-13(2)20-17-9-7-15(8-10-17)14(3)18-12-16-6-5-11-19(16)4/h5-11,13-14,18H,12H2,1-4H3. The molecule has 0 spiro atoms. The lowest BCUT2D eigenvalue weighted by Gasteiger charge is -2.16. The Kier molecular flexibility index (Phi) is 4.85. The molecule has 2 aromatic rings. The van der Waals surface area contributed by atoms with Crippen LogP contribution >= 0.6 is 0 Å². The summed E-state index contributed by atoms with van der Waals surface area (Å²) in [6.45, 7) is 7.13. The van der Waals surface area contributed by atoms with Crippen molar-refractivity contribution in [1.29, 1.82) is 0 Å². The van der Waals surface area contributed by atoms with E-state index < -0.39 is 0 Å². The van der Waals surface area contributed by atoms with Gasteiger partial charge in [-0.25, -0.2) is 0 Å². The van der Waals surface area contributed by atoms with Crippen LogP contribution in [0.1, 0.15) is 38.1 Å². The molecule has 0 bridgehead atoms. The molecule has 0 aliphatic rings. The summed E-state index contributed by atoms with van der Waals surface area (Å²) < 4.78 is 7.80. The van der Waals surface area contributed by atoms with Crippen molar-refractivity contribution >= 4 is 0 Å². The minimum atomic E-state index is 0.216. The van der Waals surface area contributed by atoms with Crippen LogP contribution in [0, 0.1) is 0 Å². The first-order valence-corrected chi connectivity index (χ1v) is 7.16. The van der Waals surface area contributed by atoms with Gasteiger partial charge in [0.25, 0.3) is 0 Å². The van der Waals surface area contributed by atoms with Crippen LogP contribution in [0.5, 0.6) is 5.75 Å². The number of nitrogens with zero attached hydrogens (tertiary/aromatic N) is 1. The molecule has 1 atom stereocenters. The van der Waals surface area contributed by atoms with Crippen LogP contribution in [0.3, 0.4) is 0 Å². The van der Waals surface area contributed by atoms with Gasteiger partial charge in [0.05, 0.1) is 6.10 Å². The van der Waals surface area contributed by atoms with Crippen molar-refractivity contribution in [2.75, 3.05) is 0 Å². The Balaban J connectivity index is 1.92. The van der Waals surface area contributed by atoms with Gasteiger partial charge in [0.15, 0.2) is 0 Å². The third-order valence-electron chi connectivity index (χ3n) is 3.39. The third-order valence-corrected chi connectivity index (χ3v) is 3.39. The predicted octanol–water partition coefficient (Wildman–Crippen LogP) is 3.66. The van der Waals surface area contributed by atoms with E-state index in [9.17, 15) is 0 Å². The Bertz CT molecular complexity index is 528. The quantitative estimate of drug-likeness (QED) is 0.868. The SMILES string of the molecule is CC(C)Oc1ccc(C(C)NCc2cccn2C)cc1. The number of aromatic nitrogens is 1. The largest absolute Gasteiger partial charge is 0.491 e. The van der Waals surface area contributed by atoms with E-state index in [4.69, 9.17) is 4.74 Å². The average Bonchev–Trinajstić information content (AvgIpc) is 2.82. The van der Waals surface area contributed by atoms with Gasteiger partial charge in [0, 0.05) is 31.5 Å². The van der Waals surface area contributed by atoms with E-state index in [0.717, 1.165) is 12.3 Å². The Hall–Kier alpha value is -1.74. The third kappa shape index (κ3) is 3.87. The van der Waals surface area contributed by atoms with Crippen molar-refractivity contribution in [3.8, 4) is 5.75 Å². The molecule has 3 heteroatoms. The molecule has 2 rings (SSSR count). The first kappa shape index (κ1) is 14.7. The molecule has 3 nitrogen and oxygen atoms in total. The summed E-state index contributed by atoms with van der Waals surface area (Å²) in [6, 6.07) is 12.9. The van der Waals surface area contributed by atoms with E-state index in [2.05, 4.69) is 54.3 Å². The number of benzene rings is 1. The average molecular weight is 272 g/mol. The molecular weight excluding hydrogens is 248 g/mol. The summed E-state index contributed by atoms with van der Waals surface area (Å²) in [7, 11) is 2.07. The number of aryl methyl sites for hydroxylation is 1. The second-order valence-electron chi connectivity index (χ2n) is 5.45. The van der Waals surface area contributed by atoms with Crippen LogP contribution in [0.15, 0.2) is 42.6 Å². The first-order chi connectivity index (χ1) is 9.56. The van der Waals surface area contributed by atoms with Crippen molar-refractivity contribution in [3.63, 3.8) is 0 Å². The highest BCUT2D eigenvalue weighted by Gasteiger charge is 2.06. The van der Waals surface area contributed by atoms with Crippen molar-refractivity contribution in [1.82, 2.24) is 9.88 Å². The molecule has 0 aliphatic heterocycles. The second-order valence-corrected chi connectivity index (χ2v) is 5.45. The Labute approximate surface area is 121 Å². The Morgan fingerprint density at radius 3 is 2.35 bits per heavy atom. The van der Waals surface area contributed by atoms with Gasteiger partial charge in [0.2, 0.25) is 0 Å². The van der Waals surface area contributed by atoms with E-state index in [1.54, 1.807) is 0 Å². The van der Waals surface area contributed by atoms with Crippen molar-refractivity contribution in [2.45, 2.75) is 39.5 Å². The van der Waals surface area contributed by atoms with Gasteiger partial charge in [-0.1, -0.05) is 12.1 Å². The van der Waals surface area contributed by atoms with Crippen molar-refractivity contribution in [2.24, 2.45) is 7.05 Å². The van der Waals surface area contributed by atoms with Gasteiger partial charge < -0.3 is 14.6 Å². The minimum Gasteiger partial charge on any atom is -0.491 e. The van der Waals surface area contributed by atoms with E-state index >= 15 is 0 Å². The lowest BCUT2D eigenvalue weighted by molar-refractivity contribution is 0.242. The van der Waals surface area contributed by atoms with Crippen LogP contribution in [-0.4, -0.2) is 10.7 Å². The van der Waals surface area contributed by atoms with Gasteiger partial charge in [-0.15, -0.1) is 0 Å². The summed E-state index contributed by atoms with van der Waals surface area (Å²) in [6.07, 6.45) is 2.29. The number of nitrogens with one attached hydrogen (secondary N) is 1. The fourth-order valence-corrected chi connectivity index (χ4v) is 2.16. The number of hydrogen-bond donors (Lipinski definition) is 1. The highest BCUT2D eigenvalue weighted by atomic mass is 16.5. The maximum atomic E-state index is 5.66. The van der Waals surface area contributed by atoms with E-state index in [0.29, 0.717) is 6.04 Å². The molecular formula is C17H24N2O. The Morgan fingerprint density at radius 2 is 1.80 bits per heavy atom. The normalized spacial score (nSPS) is 12.7. The zero-order chi connectivity index (χ0) is 14.5. The highest BCUT2D eigenvalue weighted by molar-refractivity contribution is 5.29. The lowest BCUT2D eigenvalue weighted by atomic mass is 10.1. The summed E-state index contributed by atoms with van der Waals surface area (Å²) in [4.78, 5) is 0. The lowest BCUT2D eigenvalue weighted by Crippen LogP contribution is -2.19. The molecule has 0 saturated carbocycles. The van der Waals surface area contributed by atoms with Crippen LogP contribution in [-0.2, 0) is 13.6 Å². The smallest absolute Gasteiger partial charge is 0.119 e. The maximum Gasteiger partial charge on any atom is 0.119 e. The van der Waals surface area contributed by atoms with Gasteiger partial charge in [-0.3, -0.25) is 0 Å². The summed E-state index contributed by atoms with van der Waals surface area (Å²) >= 11 is 0. The minimum absolute atomic E-state index is 0.216. The Morgan fingerprint density at radius 1 is 1.10 bits per heavy atom. The molecule has 20 heavy (non-hydrogen) atoms. The van der Waals surface area contributed by atoms with E-state index in [-0.39, 0.29) is 6.10 Å². The fourth-order valence-electron chi connectivity index (χ4n) is 2.16.